The summed E-state index contributed by atoms with van der Waals surface area (Å²) in [6.07, 6.45) is 0. The fourth-order valence-corrected chi connectivity index (χ4v) is 9.34. The fourth-order valence-electron chi connectivity index (χ4n) is 6.71. The zero-order chi connectivity index (χ0) is 27.6. The second-order valence-corrected chi connectivity index (χ2v) is 12.9. The van der Waals surface area contributed by atoms with Crippen LogP contribution in [0.15, 0.2) is 146 Å². The van der Waals surface area contributed by atoms with Gasteiger partial charge >= 0.3 is 0 Å². The number of rotatable bonds is 3. The molecule has 0 atom stereocenters. The van der Waals surface area contributed by atoms with Crippen molar-refractivity contribution in [3.8, 4) is 32.7 Å². The maximum atomic E-state index is 2.35. The van der Waals surface area contributed by atoms with Crippen molar-refractivity contribution < 1.29 is 0 Å². The second kappa shape index (κ2) is 9.39. The van der Waals surface area contributed by atoms with Crippen LogP contribution in [0.4, 0.5) is 0 Å². The van der Waals surface area contributed by atoms with Crippen molar-refractivity contribution in [3.05, 3.63) is 146 Å². The van der Waals surface area contributed by atoms with Crippen LogP contribution in [-0.4, -0.2) is 0 Å². The van der Waals surface area contributed by atoms with Crippen molar-refractivity contribution in [1.29, 1.82) is 0 Å². The second-order valence-electron chi connectivity index (χ2n) is 10.8. The Kier molecular flexibility index (Phi) is 5.34. The third-order valence-corrected chi connectivity index (χ3v) is 10.9. The van der Waals surface area contributed by atoms with Crippen LogP contribution in [-0.2, 0) is 0 Å². The topological polar surface area (TPSA) is 0 Å². The maximum Gasteiger partial charge on any atom is 0.0448 e. The van der Waals surface area contributed by atoms with Gasteiger partial charge in [-0.3, -0.25) is 0 Å². The van der Waals surface area contributed by atoms with Crippen LogP contribution >= 0.6 is 22.7 Å². The Hall–Kier alpha value is -4.76. The monoisotopic (exact) mass is 568 g/mol. The molecule has 42 heavy (non-hydrogen) atoms. The zero-order valence-corrected chi connectivity index (χ0v) is 24.3. The lowest BCUT2D eigenvalue weighted by atomic mass is 9.86. The molecule has 0 aliphatic carbocycles. The van der Waals surface area contributed by atoms with Gasteiger partial charge in [0, 0.05) is 46.3 Å². The standard InChI is InChI=1S/C40H24S2/c1-3-13-25(14-4-1)35-28-18-7-9-20-30(28)37(31-21-10-8-19-29(31)35)40-36(26-15-5-2-6-16-26)38-34(42-40)24-23-32-27-17-11-12-22-33(27)41-39(32)38/h1-24H. The van der Waals surface area contributed by atoms with Gasteiger partial charge in [-0.05, 0) is 50.4 Å². The molecule has 196 valence electrons. The molecule has 0 nitrogen and oxygen atoms in total. The lowest BCUT2D eigenvalue weighted by Crippen LogP contribution is -1.90. The highest BCUT2D eigenvalue weighted by molar-refractivity contribution is 7.28. The molecule has 0 aliphatic rings. The van der Waals surface area contributed by atoms with Gasteiger partial charge in [0.15, 0.2) is 0 Å². The first kappa shape index (κ1) is 23.9. The van der Waals surface area contributed by atoms with Crippen LogP contribution in [0.25, 0.3) is 84.5 Å². The Morgan fingerprint density at radius 2 is 0.810 bits per heavy atom. The minimum atomic E-state index is 1.25. The third kappa shape index (κ3) is 3.46. The fraction of sp³-hybridized carbons (Fsp3) is 0. The number of thiophene rings is 2. The molecule has 0 amide bonds. The van der Waals surface area contributed by atoms with Gasteiger partial charge in [-0.1, -0.05) is 133 Å². The van der Waals surface area contributed by atoms with Crippen LogP contribution in [0.2, 0.25) is 0 Å². The molecule has 9 rings (SSSR count). The smallest absolute Gasteiger partial charge is 0.0448 e. The summed E-state index contributed by atoms with van der Waals surface area (Å²) < 4.78 is 4.06. The Morgan fingerprint density at radius 3 is 1.43 bits per heavy atom. The van der Waals surface area contributed by atoms with Crippen LogP contribution in [0.3, 0.4) is 0 Å². The van der Waals surface area contributed by atoms with Gasteiger partial charge in [0.2, 0.25) is 0 Å². The van der Waals surface area contributed by atoms with Crippen LogP contribution in [0.1, 0.15) is 0 Å². The molecule has 0 N–H and O–H groups in total. The molecule has 9 aromatic rings. The first-order valence-corrected chi connectivity index (χ1v) is 15.9. The van der Waals surface area contributed by atoms with Gasteiger partial charge in [-0.2, -0.15) is 0 Å². The maximum absolute atomic E-state index is 2.35. The van der Waals surface area contributed by atoms with E-state index in [1.54, 1.807) is 0 Å². The largest absolute Gasteiger partial charge is 0.134 e. The SMILES string of the molecule is c1ccc(-c2c3ccccc3c(-c3sc4ccc5c6ccccc6sc5c4c3-c3ccccc3)c3ccccc23)cc1. The van der Waals surface area contributed by atoms with Crippen molar-refractivity contribution in [3.63, 3.8) is 0 Å². The lowest BCUT2D eigenvalue weighted by Gasteiger charge is -2.18. The molecule has 0 saturated carbocycles. The molecule has 2 heteroatoms. The van der Waals surface area contributed by atoms with Crippen molar-refractivity contribution in [2.75, 3.05) is 0 Å². The molecule has 0 unspecified atom stereocenters. The van der Waals surface area contributed by atoms with E-state index < -0.39 is 0 Å². The lowest BCUT2D eigenvalue weighted by molar-refractivity contribution is 1.67. The summed E-state index contributed by atoms with van der Waals surface area (Å²) in [7, 11) is 0. The minimum absolute atomic E-state index is 1.25. The normalized spacial score (nSPS) is 11.8. The molecule has 0 fully saturated rings. The summed E-state index contributed by atoms with van der Waals surface area (Å²) >= 11 is 3.86. The highest BCUT2D eigenvalue weighted by Gasteiger charge is 2.24. The van der Waals surface area contributed by atoms with Gasteiger partial charge in [-0.25, -0.2) is 0 Å². The van der Waals surface area contributed by atoms with Crippen LogP contribution in [0.5, 0.6) is 0 Å². The Balaban J connectivity index is 1.49. The van der Waals surface area contributed by atoms with Gasteiger partial charge in [0.05, 0.1) is 0 Å². The van der Waals surface area contributed by atoms with Crippen molar-refractivity contribution in [2.24, 2.45) is 0 Å². The van der Waals surface area contributed by atoms with E-state index in [2.05, 4.69) is 146 Å². The van der Waals surface area contributed by atoms with E-state index in [0.717, 1.165) is 0 Å². The number of hydrogen-bond acceptors (Lipinski definition) is 2. The Bertz CT molecular complexity index is 2390. The predicted octanol–water partition coefficient (Wildman–Crippen LogP) is 12.6. The highest BCUT2D eigenvalue weighted by atomic mass is 32.1. The van der Waals surface area contributed by atoms with E-state index in [-0.39, 0.29) is 0 Å². The summed E-state index contributed by atoms with van der Waals surface area (Å²) in [5.41, 5.74) is 6.50. The summed E-state index contributed by atoms with van der Waals surface area (Å²) in [6.45, 7) is 0. The number of fused-ring (bicyclic) bond motifs is 7. The van der Waals surface area contributed by atoms with E-state index in [9.17, 15) is 0 Å². The highest BCUT2D eigenvalue weighted by Crippen LogP contribution is 2.53. The number of benzene rings is 7. The van der Waals surface area contributed by atoms with Gasteiger partial charge in [0.25, 0.3) is 0 Å². The van der Waals surface area contributed by atoms with Gasteiger partial charge < -0.3 is 0 Å². The molecule has 0 radical (unpaired) electrons. The van der Waals surface area contributed by atoms with Gasteiger partial charge in [0.1, 0.15) is 0 Å². The van der Waals surface area contributed by atoms with E-state index in [0.29, 0.717) is 0 Å². The molecule has 2 heterocycles. The van der Waals surface area contributed by atoms with E-state index in [1.807, 2.05) is 22.7 Å². The summed E-state index contributed by atoms with van der Waals surface area (Å²) in [5.74, 6) is 0. The molecular formula is C40H24S2. The molecule has 0 bridgehead atoms. The number of hydrogen-bond donors (Lipinski definition) is 0. The van der Waals surface area contributed by atoms with Crippen molar-refractivity contribution in [2.45, 2.75) is 0 Å². The molecule has 2 aromatic heterocycles. The van der Waals surface area contributed by atoms with E-state index in [1.165, 1.54) is 84.5 Å². The van der Waals surface area contributed by atoms with Crippen LogP contribution in [0, 0.1) is 0 Å². The molecule has 0 saturated heterocycles. The molecule has 7 aromatic carbocycles. The molecular weight excluding hydrogens is 545 g/mol. The van der Waals surface area contributed by atoms with E-state index in [4.69, 9.17) is 0 Å². The molecule has 0 spiro atoms. The van der Waals surface area contributed by atoms with Crippen molar-refractivity contribution in [1.82, 2.24) is 0 Å². The van der Waals surface area contributed by atoms with Gasteiger partial charge in [-0.15, -0.1) is 22.7 Å². The Labute approximate surface area is 251 Å². The average Bonchev–Trinajstić information content (AvgIpc) is 3.63. The first-order chi connectivity index (χ1) is 20.9. The zero-order valence-electron chi connectivity index (χ0n) is 22.7. The quantitative estimate of drug-likeness (QED) is 0.186. The average molecular weight is 569 g/mol. The van der Waals surface area contributed by atoms with Crippen LogP contribution < -0.4 is 0 Å². The predicted molar refractivity (Wildman–Crippen MR) is 186 cm³/mol. The Morgan fingerprint density at radius 1 is 0.310 bits per heavy atom. The summed E-state index contributed by atoms with van der Waals surface area (Å²) in [5, 5.41) is 9.24. The third-order valence-electron chi connectivity index (χ3n) is 8.48. The summed E-state index contributed by atoms with van der Waals surface area (Å²) in [4.78, 5) is 1.34. The minimum Gasteiger partial charge on any atom is -0.134 e. The molecule has 0 aliphatic heterocycles. The van der Waals surface area contributed by atoms with E-state index >= 15 is 0 Å². The van der Waals surface area contributed by atoms with Crippen molar-refractivity contribution >= 4 is 74.5 Å². The summed E-state index contributed by atoms with van der Waals surface area (Å²) in [6, 6.07) is 53.3. The first-order valence-electron chi connectivity index (χ1n) is 14.3.